The highest BCUT2D eigenvalue weighted by Crippen LogP contribution is 2.17. The van der Waals surface area contributed by atoms with Crippen molar-refractivity contribution in [2.75, 3.05) is 11.9 Å². The molecule has 0 aromatic heterocycles. The van der Waals surface area contributed by atoms with Crippen molar-refractivity contribution in [3.63, 3.8) is 0 Å². The molecule has 140 valence electrons. The summed E-state index contributed by atoms with van der Waals surface area (Å²) in [6.45, 7) is 2.41. The lowest BCUT2D eigenvalue weighted by atomic mass is 10.2. The number of rotatable bonds is 7. The average molecular weight is 384 g/mol. The molecule has 0 fully saturated rings. The second kappa shape index (κ2) is 10.7. The number of thiocarbonyl (C=S) groups is 1. The highest BCUT2D eigenvalue weighted by Gasteiger charge is 2.04. The predicted molar refractivity (Wildman–Crippen MR) is 107 cm³/mol. The van der Waals surface area contributed by atoms with Crippen molar-refractivity contribution >= 4 is 34.9 Å². The first kappa shape index (κ1) is 20.1. The van der Waals surface area contributed by atoms with E-state index in [9.17, 15) is 9.59 Å². The zero-order valence-corrected chi connectivity index (χ0v) is 15.6. The maximum absolute atomic E-state index is 11.7. The number of carbonyl (C=O) groups excluding carboxylic acids is 2. The first-order valence-electron chi connectivity index (χ1n) is 8.30. The molecule has 0 saturated carbocycles. The molecule has 6 nitrogen and oxygen atoms in total. The summed E-state index contributed by atoms with van der Waals surface area (Å²) in [4.78, 5) is 22.8. The number of hydrogen-bond donors (Lipinski definition) is 2. The van der Waals surface area contributed by atoms with Gasteiger partial charge in [0.2, 0.25) is 5.91 Å². The van der Waals surface area contributed by atoms with Crippen LogP contribution in [0.5, 0.6) is 5.75 Å². The van der Waals surface area contributed by atoms with Crippen LogP contribution in [0.3, 0.4) is 0 Å². The normalized spacial score (nSPS) is 10.3. The topological polar surface area (TPSA) is 76.7 Å². The van der Waals surface area contributed by atoms with E-state index in [2.05, 4.69) is 15.4 Å². The predicted octanol–water partition coefficient (Wildman–Crippen LogP) is 3.20. The molecule has 2 rings (SSSR count). The molecule has 0 heterocycles. The van der Waals surface area contributed by atoms with Crippen LogP contribution < -0.4 is 15.4 Å². The van der Waals surface area contributed by atoms with Crippen LogP contribution in [0.4, 0.5) is 5.69 Å². The molecule has 27 heavy (non-hydrogen) atoms. The number of amides is 1. The molecule has 0 bridgehead atoms. The maximum atomic E-state index is 11.7. The van der Waals surface area contributed by atoms with Gasteiger partial charge in [0, 0.05) is 17.8 Å². The van der Waals surface area contributed by atoms with E-state index in [-0.39, 0.29) is 11.7 Å². The molecule has 2 N–H and O–H groups in total. The van der Waals surface area contributed by atoms with Crippen LogP contribution in [0.25, 0.3) is 0 Å². The molecule has 0 spiro atoms. The number of benzene rings is 2. The molecule has 2 aromatic carbocycles. The van der Waals surface area contributed by atoms with Gasteiger partial charge in [0.1, 0.15) is 12.4 Å². The molecule has 0 aliphatic rings. The Morgan fingerprint density at radius 1 is 1.04 bits per heavy atom. The highest BCUT2D eigenvalue weighted by atomic mass is 32.1. The Bertz CT molecular complexity index is 804. The summed E-state index contributed by atoms with van der Waals surface area (Å²) in [6.07, 6.45) is 2.10. The van der Waals surface area contributed by atoms with Gasteiger partial charge >= 0.3 is 5.97 Å². The molecular weight excluding hydrogens is 364 g/mol. The highest BCUT2D eigenvalue weighted by molar-refractivity contribution is 7.80. The van der Waals surface area contributed by atoms with Crippen LogP contribution in [0, 0.1) is 0 Å². The zero-order valence-electron chi connectivity index (χ0n) is 14.8. The Kier molecular flexibility index (Phi) is 7.99. The maximum Gasteiger partial charge on any atom is 0.330 e. The van der Waals surface area contributed by atoms with Crippen molar-refractivity contribution in [1.82, 2.24) is 5.32 Å². The van der Waals surface area contributed by atoms with Crippen molar-refractivity contribution in [1.29, 1.82) is 0 Å². The number of hydrogen-bond acceptors (Lipinski definition) is 5. The van der Waals surface area contributed by atoms with E-state index in [0.717, 1.165) is 23.5 Å². The van der Waals surface area contributed by atoms with Gasteiger partial charge in [-0.15, -0.1) is 0 Å². The second-order valence-corrected chi connectivity index (χ2v) is 5.74. The van der Waals surface area contributed by atoms with Crippen molar-refractivity contribution < 1.29 is 19.1 Å². The largest absolute Gasteiger partial charge is 0.489 e. The molecule has 7 heteroatoms. The van der Waals surface area contributed by atoms with Crippen LogP contribution in [0.15, 0.2) is 66.7 Å². The zero-order chi connectivity index (χ0) is 19.5. The van der Waals surface area contributed by atoms with Gasteiger partial charge < -0.3 is 14.8 Å². The summed E-state index contributed by atoms with van der Waals surface area (Å²) in [5.74, 6) is -0.391. The summed E-state index contributed by atoms with van der Waals surface area (Å²) in [5, 5.41) is 5.44. The van der Waals surface area contributed by atoms with E-state index in [0.29, 0.717) is 12.3 Å². The number of esters is 1. The molecule has 0 unspecified atom stereocenters. The first-order valence-corrected chi connectivity index (χ1v) is 8.71. The molecular formula is C20H20N2O4S. The van der Waals surface area contributed by atoms with Gasteiger partial charge in [-0.25, -0.2) is 4.79 Å². The van der Waals surface area contributed by atoms with E-state index >= 15 is 0 Å². The Morgan fingerprint density at radius 3 is 2.41 bits per heavy atom. The van der Waals surface area contributed by atoms with E-state index in [1.807, 2.05) is 30.3 Å². The smallest absolute Gasteiger partial charge is 0.330 e. The minimum Gasteiger partial charge on any atom is -0.489 e. The molecule has 0 radical (unpaired) electrons. The van der Waals surface area contributed by atoms with Gasteiger partial charge in [-0.05, 0) is 49.0 Å². The van der Waals surface area contributed by atoms with Crippen LogP contribution in [0.1, 0.15) is 12.5 Å². The Morgan fingerprint density at radius 2 is 1.74 bits per heavy atom. The van der Waals surface area contributed by atoms with Gasteiger partial charge in [-0.1, -0.05) is 30.3 Å². The van der Waals surface area contributed by atoms with E-state index in [4.69, 9.17) is 17.0 Å². The van der Waals surface area contributed by atoms with Crippen LogP contribution in [-0.4, -0.2) is 23.6 Å². The van der Waals surface area contributed by atoms with Crippen LogP contribution >= 0.6 is 12.2 Å². The molecule has 0 aliphatic carbocycles. The van der Waals surface area contributed by atoms with Gasteiger partial charge in [0.15, 0.2) is 5.11 Å². The lowest BCUT2D eigenvalue weighted by Crippen LogP contribution is -2.32. The van der Waals surface area contributed by atoms with Crippen LogP contribution in [-0.2, 0) is 20.9 Å². The fraction of sp³-hybridized carbons (Fsp3) is 0.150. The lowest BCUT2D eigenvalue weighted by Gasteiger charge is -2.10. The molecule has 0 aliphatic heterocycles. The minimum atomic E-state index is -0.586. The third kappa shape index (κ3) is 7.70. The van der Waals surface area contributed by atoms with Crippen molar-refractivity contribution in [2.24, 2.45) is 0 Å². The summed E-state index contributed by atoms with van der Waals surface area (Å²) in [6, 6.07) is 17.0. The number of nitrogens with one attached hydrogen (secondary N) is 2. The lowest BCUT2D eigenvalue weighted by molar-refractivity contribution is -0.137. The van der Waals surface area contributed by atoms with E-state index in [1.165, 1.54) is 0 Å². The third-order valence-corrected chi connectivity index (χ3v) is 3.46. The SMILES string of the molecule is CCOC(=O)/C=C/C(=O)NC(=S)Nc1ccc(OCc2ccccc2)cc1. The minimum absolute atomic E-state index is 0.117. The van der Waals surface area contributed by atoms with Crippen molar-refractivity contribution in [2.45, 2.75) is 13.5 Å². The quantitative estimate of drug-likeness (QED) is 0.434. The third-order valence-electron chi connectivity index (χ3n) is 3.25. The van der Waals surface area contributed by atoms with Crippen molar-refractivity contribution in [3.05, 3.63) is 72.3 Å². The number of anilines is 1. The van der Waals surface area contributed by atoms with Gasteiger partial charge in [-0.3, -0.25) is 10.1 Å². The molecule has 0 saturated heterocycles. The molecule has 1 amide bonds. The summed E-state index contributed by atoms with van der Waals surface area (Å²) < 4.78 is 10.4. The number of ether oxygens (including phenoxy) is 2. The molecule has 2 aromatic rings. The van der Waals surface area contributed by atoms with Gasteiger partial charge in [0.25, 0.3) is 0 Å². The Labute approximate surface area is 163 Å². The Hall–Kier alpha value is -3.19. The average Bonchev–Trinajstić information content (AvgIpc) is 2.67. The number of carbonyl (C=O) groups is 2. The molecule has 0 atom stereocenters. The summed E-state index contributed by atoms with van der Waals surface area (Å²) >= 11 is 5.07. The fourth-order valence-electron chi connectivity index (χ4n) is 2.03. The van der Waals surface area contributed by atoms with E-state index < -0.39 is 11.9 Å². The summed E-state index contributed by atoms with van der Waals surface area (Å²) in [7, 11) is 0. The van der Waals surface area contributed by atoms with Crippen molar-refractivity contribution in [3.8, 4) is 5.75 Å². The Balaban J connectivity index is 1.78. The summed E-state index contributed by atoms with van der Waals surface area (Å²) in [5.41, 5.74) is 1.78. The van der Waals surface area contributed by atoms with E-state index in [1.54, 1.807) is 31.2 Å². The van der Waals surface area contributed by atoms with Gasteiger partial charge in [0.05, 0.1) is 6.61 Å². The standard InChI is InChI=1S/C20H20N2O4S/c1-2-25-19(24)13-12-18(23)22-20(27)21-16-8-10-17(11-9-16)26-14-15-6-4-3-5-7-15/h3-13H,2,14H2,1H3,(H2,21,22,23,27)/b13-12+. The van der Waals surface area contributed by atoms with Gasteiger partial charge in [-0.2, -0.15) is 0 Å². The monoisotopic (exact) mass is 384 g/mol. The van der Waals surface area contributed by atoms with Crippen LogP contribution in [0.2, 0.25) is 0 Å². The first-order chi connectivity index (χ1) is 13.1. The fourth-order valence-corrected chi connectivity index (χ4v) is 2.24. The second-order valence-electron chi connectivity index (χ2n) is 5.33.